The molecule has 0 N–H and O–H groups in total. The number of hydrogen-bond acceptors (Lipinski definition) is 4. The van der Waals surface area contributed by atoms with Crippen LogP contribution in [0.4, 0.5) is 0 Å². The lowest BCUT2D eigenvalue weighted by Crippen LogP contribution is -2.16. The van der Waals surface area contributed by atoms with Crippen LogP contribution in [0.2, 0.25) is 0 Å². The molecule has 0 aliphatic heterocycles. The second-order valence-electron chi connectivity index (χ2n) is 3.27. The first kappa shape index (κ1) is 12.7. The molecule has 0 aromatic heterocycles. The fourth-order valence-electron chi connectivity index (χ4n) is 1.19. The average Bonchev–Trinajstić information content (AvgIpc) is 2.29. The van der Waals surface area contributed by atoms with Crippen molar-refractivity contribution in [1.29, 1.82) is 5.26 Å². The van der Waals surface area contributed by atoms with Crippen LogP contribution in [0.3, 0.4) is 0 Å². The molecule has 0 fully saturated rings. The lowest BCUT2D eigenvalue weighted by atomic mass is 10.2. The maximum atomic E-state index is 11.7. The summed E-state index contributed by atoms with van der Waals surface area (Å²) in [7, 11) is -3.82. The monoisotopic (exact) mass is 239 g/mol. The van der Waals surface area contributed by atoms with Crippen LogP contribution in [0.1, 0.15) is 19.8 Å². The van der Waals surface area contributed by atoms with Crippen molar-refractivity contribution in [2.75, 3.05) is 0 Å². The van der Waals surface area contributed by atoms with Gasteiger partial charge in [-0.1, -0.05) is 31.5 Å². The van der Waals surface area contributed by atoms with E-state index < -0.39 is 16.2 Å². The normalized spacial score (nSPS) is 13.0. The molecule has 86 valence electrons. The quantitative estimate of drug-likeness (QED) is 0.738. The molecule has 4 nitrogen and oxygen atoms in total. The first-order valence-electron chi connectivity index (χ1n) is 4.98. The van der Waals surface area contributed by atoms with Gasteiger partial charge in [-0.3, -0.25) is 0 Å². The molecule has 0 heterocycles. The Kier molecular flexibility index (Phi) is 4.47. The third-order valence-corrected chi connectivity index (χ3v) is 3.30. The molecule has 0 saturated heterocycles. The molecular weight excluding hydrogens is 226 g/mol. The van der Waals surface area contributed by atoms with Gasteiger partial charge in [-0.15, -0.1) is 0 Å². The zero-order valence-electron chi connectivity index (χ0n) is 8.96. The Morgan fingerprint density at radius 3 is 2.50 bits per heavy atom. The topological polar surface area (TPSA) is 67.2 Å². The van der Waals surface area contributed by atoms with Crippen molar-refractivity contribution in [3.8, 4) is 6.07 Å². The molecule has 5 heteroatoms. The third-order valence-electron chi connectivity index (χ3n) is 1.97. The minimum absolute atomic E-state index is 0.0753. The molecule has 0 saturated carbocycles. The van der Waals surface area contributed by atoms with Gasteiger partial charge in [0.05, 0.1) is 11.0 Å². The van der Waals surface area contributed by atoms with E-state index in [4.69, 9.17) is 9.44 Å². The Hall–Kier alpha value is -1.38. The summed E-state index contributed by atoms with van der Waals surface area (Å²) in [6.07, 6.45) is 0.195. The van der Waals surface area contributed by atoms with Gasteiger partial charge in [-0.2, -0.15) is 13.7 Å². The highest BCUT2D eigenvalue weighted by molar-refractivity contribution is 7.86. The van der Waals surface area contributed by atoms with Gasteiger partial charge in [0.25, 0.3) is 10.1 Å². The highest BCUT2D eigenvalue weighted by Crippen LogP contribution is 2.15. The van der Waals surface area contributed by atoms with Crippen LogP contribution in [-0.4, -0.2) is 14.5 Å². The van der Waals surface area contributed by atoms with Crippen molar-refractivity contribution < 1.29 is 12.6 Å². The summed E-state index contributed by atoms with van der Waals surface area (Å²) in [5, 5.41) is 8.73. The van der Waals surface area contributed by atoms with Crippen molar-refractivity contribution in [3.05, 3.63) is 30.3 Å². The van der Waals surface area contributed by atoms with Crippen LogP contribution >= 0.6 is 0 Å². The first-order valence-corrected chi connectivity index (χ1v) is 6.39. The molecule has 16 heavy (non-hydrogen) atoms. The molecular formula is C11H13NO3S. The van der Waals surface area contributed by atoms with Gasteiger partial charge in [-0.05, 0) is 18.6 Å². The third kappa shape index (κ3) is 3.33. The van der Waals surface area contributed by atoms with Gasteiger partial charge in [0, 0.05) is 0 Å². The number of hydrogen-bond donors (Lipinski definition) is 0. The fraction of sp³-hybridized carbons (Fsp3) is 0.364. The van der Waals surface area contributed by atoms with E-state index in [0.717, 1.165) is 0 Å². The summed E-state index contributed by atoms with van der Waals surface area (Å²) < 4.78 is 28.2. The van der Waals surface area contributed by atoms with Gasteiger partial charge in [-0.25, -0.2) is 4.18 Å². The standard InChI is InChI=1S/C11H13NO3S/c1-2-6-10(9-12)15-16(13,14)11-7-4-3-5-8-11/h3-5,7-8,10H,2,6H2,1H3. The SMILES string of the molecule is CCCC(C#N)OS(=O)(=O)c1ccccc1. The van der Waals surface area contributed by atoms with E-state index in [2.05, 4.69) is 0 Å². The van der Waals surface area contributed by atoms with Crippen LogP contribution in [0, 0.1) is 11.3 Å². The van der Waals surface area contributed by atoms with Crippen LogP contribution < -0.4 is 0 Å². The summed E-state index contributed by atoms with van der Waals surface area (Å²) in [4.78, 5) is 0.0753. The maximum absolute atomic E-state index is 11.7. The van der Waals surface area contributed by atoms with E-state index >= 15 is 0 Å². The molecule has 1 atom stereocenters. The summed E-state index contributed by atoms with van der Waals surface area (Å²) in [5.74, 6) is 0. The largest absolute Gasteiger partial charge is 0.298 e. The number of rotatable bonds is 5. The molecule has 1 rings (SSSR count). The number of nitrogens with zero attached hydrogens (tertiary/aromatic N) is 1. The van der Waals surface area contributed by atoms with Gasteiger partial charge >= 0.3 is 0 Å². The van der Waals surface area contributed by atoms with Crippen LogP contribution in [0.15, 0.2) is 35.2 Å². The Bertz CT molecular complexity index is 462. The molecule has 0 aliphatic carbocycles. The lowest BCUT2D eigenvalue weighted by Gasteiger charge is -2.09. The zero-order valence-corrected chi connectivity index (χ0v) is 9.78. The molecule has 0 amide bonds. The Labute approximate surface area is 95.6 Å². The molecule has 1 aromatic rings. The number of nitriles is 1. The van der Waals surface area contributed by atoms with Gasteiger partial charge < -0.3 is 0 Å². The smallest absolute Gasteiger partial charge is 0.248 e. The second-order valence-corrected chi connectivity index (χ2v) is 4.84. The summed E-state index contributed by atoms with van der Waals surface area (Å²) >= 11 is 0. The molecule has 0 bridgehead atoms. The van der Waals surface area contributed by atoms with Gasteiger partial charge in [0.15, 0.2) is 6.10 Å². The minimum atomic E-state index is -3.82. The van der Waals surface area contributed by atoms with Crippen molar-refractivity contribution in [2.45, 2.75) is 30.8 Å². The van der Waals surface area contributed by atoms with Crippen molar-refractivity contribution in [2.24, 2.45) is 0 Å². The summed E-state index contributed by atoms with van der Waals surface area (Å²) in [6, 6.07) is 9.64. The Morgan fingerprint density at radius 1 is 1.38 bits per heavy atom. The van der Waals surface area contributed by atoms with E-state index in [1.165, 1.54) is 12.1 Å². The minimum Gasteiger partial charge on any atom is -0.248 e. The average molecular weight is 239 g/mol. The Balaban J connectivity index is 2.85. The fourth-order valence-corrected chi connectivity index (χ4v) is 2.24. The summed E-state index contributed by atoms with van der Waals surface area (Å²) in [5.41, 5.74) is 0. The maximum Gasteiger partial charge on any atom is 0.298 e. The van der Waals surface area contributed by atoms with Crippen molar-refractivity contribution in [1.82, 2.24) is 0 Å². The van der Waals surface area contributed by atoms with Crippen molar-refractivity contribution >= 4 is 10.1 Å². The van der Waals surface area contributed by atoms with Crippen LogP contribution in [-0.2, 0) is 14.3 Å². The number of benzene rings is 1. The van der Waals surface area contributed by atoms with E-state index in [9.17, 15) is 8.42 Å². The molecule has 1 aromatic carbocycles. The molecule has 0 aliphatic rings. The van der Waals surface area contributed by atoms with Crippen LogP contribution in [0.5, 0.6) is 0 Å². The molecule has 0 spiro atoms. The van der Waals surface area contributed by atoms with Crippen LogP contribution in [0.25, 0.3) is 0 Å². The van der Waals surface area contributed by atoms with E-state index in [-0.39, 0.29) is 4.90 Å². The second kappa shape index (κ2) is 5.64. The molecule has 1 unspecified atom stereocenters. The van der Waals surface area contributed by atoms with Crippen molar-refractivity contribution in [3.63, 3.8) is 0 Å². The van der Waals surface area contributed by atoms with E-state index in [1.807, 2.05) is 13.0 Å². The van der Waals surface area contributed by atoms with Gasteiger partial charge in [0.2, 0.25) is 0 Å². The lowest BCUT2D eigenvalue weighted by molar-refractivity contribution is 0.250. The summed E-state index contributed by atoms with van der Waals surface area (Å²) in [6.45, 7) is 1.86. The van der Waals surface area contributed by atoms with Gasteiger partial charge in [0.1, 0.15) is 0 Å². The molecule has 0 radical (unpaired) electrons. The highest BCUT2D eigenvalue weighted by Gasteiger charge is 2.20. The predicted molar refractivity (Wildman–Crippen MR) is 59.0 cm³/mol. The predicted octanol–water partition coefficient (Wildman–Crippen LogP) is 2.08. The zero-order chi connectivity index (χ0) is 12.0. The van der Waals surface area contributed by atoms with E-state index in [0.29, 0.717) is 12.8 Å². The highest BCUT2D eigenvalue weighted by atomic mass is 32.2. The van der Waals surface area contributed by atoms with E-state index in [1.54, 1.807) is 18.2 Å². The first-order chi connectivity index (χ1) is 7.60. The Morgan fingerprint density at radius 2 is 2.00 bits per heavy atom.